The first-order chi connectivity index (χ1) is 13.2. The van der Waals surface area contributed by atoms with Gasteiger partial charge in [-0.25, -0.2) is 0 Å². The number of nitrogens with zero attached hydrogens (tertiary/aromatic N) is 2. The van der Waals surface area contributed by atoms with Crippen molar-refractivity contribution in [2.75, 3.05) is 19.0 Å². The first kappa shape index (κ1) is 17.7. The van der Waals surface area contributed by atoms with Gasteiger partial charge in [0.15, 0.2) is 11.5 Å². The third kappa shape index (κ3) is 4.19. The SMILES string of the molecule is Cc1ccc(C)c(OCCSc2nnc(C3COc4ccccc4O3)o2)c1. The molecule has 0 saturated carbocycles. The molecule has 0 aliphatic carbocycles. The van der Waals surface area contributed by atoms with Crippen LogP contribution in [0.3, 0.4) is 0 Å². The maximum absolute atomic E-state index is 5.88. The Labute approximate surface area is 161 Å². The van der Waals surface area contributed by atoms with E-state index < -0.39 is 6.10 Å². The topological polar surface area (TPSA) is 66.6 Å². The second kappa shape index (κ2) is 7.92. The van der Waals surface area contributed by atoms with Gasteiger partial charge >= 0.3 is 0 Å². The molecule has 3 aromatic rings. The lowest BCUT2D eigenvalue weighted by Gasteiger charge is -2.23. The average Bonchev–Trinajstić information content (AvgIpc) is 3.16. The standard InChI is InChI=1S/C20H20N2O4S/c1-13-7-8-14(2)17(11-13)23-9-10-27-20-22-21-19(26-20)18-12-24-15-5-3-4-6-16(15)25-18/h3-8,11,18H,9-10,12H2,1-2H3. The van der Waals surface area contributed by atoms with E-state index in [0.29, 0.717) is 35.8 Å². The predicted molar refractivity (Wildman–Crippen MR) is 102 cm³/mol. The fourth-order valence-electron chi connectivity index (χ4n) is 2.69. The van der Waals surface area contributed by atoms with Crippen molar-refractivity contribution >= 4 is 11.8 Å². The van der Waals surface area contributed by atoms with Crippen LogP contribution in [0.5, 0.6) is 17.2 Å². The lowest BCUT2D eigenvalue weighted by molar-refractivity contribution is 0.0686. The molecule has 1 aliphatic heterocycles. The van der Waals surface area contributed by atoms with Gasteiger partial charge in [-0.1, -0.05) is 36.0 Å². The maximum atomic E-state index is 5.88. The van der Waals surface area contributed by atoms with E-state index in [0.717, 1.165) is 17.1 Å². The second-order valence-electron chi connectivity index (χ2n) is 6.24. The number of aryl methyl sites for hydroxylation is 2. The highest BCUT2D eigenvalue weighted by Gasteiger charge is 2.27. The number of ether oxygens (including phenoxy) is 3. The zero-order valence-electron chi connectivity index (χ0n) is 15.2. The van der Waals surface area contributed by atoms with Crippen molar-refractivity contribution < 1.29 is 18.6 Å². The van der Waals surface area contributed by atoms with E-state index in [4.69, 9.17) is 18.6 Å². The van der Waals surface area contributed by atoms with Gasteiger partial charge in [0.25, 0.3) is 11.1 Å². The molecule has 1 atom stereocenters. The fraction of sp³-hybridized carbons (Fsp3) is 0.300. The third-order valence-corrected chi connectivity index (χ3v) is 4.90. The molecule has 6 nitrogen and oxygen atoms in total. The van der Waals surface area contributed by atoms with E-state index in [9.17, 15) is 0 Å². The molecule has 0 spiro atoms. The molecule has 1 unspecified atom stereocenters. The molecule has 2 aromatic carbocycles. The van der Waals surface area contributed by atoms with Gasteiger partial charge in [0.05, 0.1) is 6.61 Å². The molecule has 2 heterocycles. The van der Waals surface area contributed by atoms with E-state index in [-0.39, 0.29) is 0 Å². The Balaban J connectivity index is 1.29. The van der Waals surface area contributed by atoms with Gasteiger partial charge in [-0.05, 0) is 43.2 Å². The minimum Gasteiger partial charge on any atom is -0.492 e. The second-order valence-corrected chi connectivity index (χ2v) is 7.28. The highest BCUT2D eigenvalue weighted by atomic mass is 32.2. The number of fused-ring (bicyclic) bond motifs is 1. The Hall–Kier alpha value is -2.67. The van der Waals surface area contributed by atoms with Gasteiger partial charge in [-0.3, -0.25) is 0 Å². The van der Waals surface area contributed by atoms with Gasteiger partial charge in [-0.15, -0.1) is 10.2 Å². The van der Waals surface area contributed by atoms with Gasteiger partial charge in [0.2, 0.25) is 6.10 Å². The van der Waals surface area contributed by atoms with Crippen LogP contribution >= 0.6 is 11.8 Å². The Bertz CT molecular complexity index is 928. The summed E-state index contributed by atoms with van der Waals surface area (Å²) in [5.41, 5.74) is 2.31. The highest BCUT2D eigenvalue weighted by Crippen LogP contribution is 2.35. The Morgan fingerprint density at radius 2 is 1.96 bits per heavy atom. The van der Waals surface area contributed by atoms with E-state index in [2.05, 4.69) is 29.3 Å². The summed E-state index contributed by atoms with van der Waals surface area (Å²) in [6, 6.07) is 13.7. The number of thioether (sulfide) groups is 1. The van der Waals surface area contributed by atoms with Crippen LogP contribution in [-0.4, -0.2) is 29.2 Å². The summed E-state index contributed by atoms with van der Waals surface area (Å²) < 4.78 is 23.1. The number of para-hydroxylation sites is 2. The summed E-state index contributed by atoms with van der Waals surface area (Å²) in [5.74, 6) is 3.45. The largest absolute Gasteiger partial charge is 0.492 e. The molecule has 0 radical (unpaired) electrons. The van der Waals surface area contributed by atoms with Crippen molar-refractivity contribution in [3.8, 4) is 17.2 Å². The predicted octanol–water partition coefficient (Wildman–Crippen LogP) is 4.37. The molecule has 7 heteroatoms. The van der Waals surface area contributed by atoms with Crippen molar-refractivity contribution in [3.05, 3.63) is 59.5 Å². The average molecular weight is 384 g/mol. The first-order valence-corrected chi connectivity index (χ1v) is 9.72. The summed E-state index contributed by atoms with van der Waals surface area (Å²) >= 11 is 1.46. The van der Waals surface area contributed by atoms with E-state index in [1.54, 1.807) is 0 Å². The monoisotopic (exact) mass is 384 g/mol. The van der Waals surface area contributed by atoms with E-state index >= 15 is 0 Å². The van der Waals surface area contributed by atoms with Crippen LogP contribution in [0.1, 0.15) is 23.1 Å². The molecular weight excluding hydrogens is 364 g/mol. The van der Waals surface area contributed by atoms with Crippen LogP contribution in [0, 0.1) is 13.8 Å². The summed E-state index contributed by atoms with van der Waals surface area (Å²) in [7, 11) is 0. The minimum absolute atomic E-state index is 0.346. The summed E-state index contributed by atoms with van der Waals surface area (Å²) in [6.45, 7) is 5.00. The summed E-state index contributed by atoms with van der Waals surface area (Å²) in [6.07, 6.45) is -0.395. The van der Waals surface area contributed by atoms with Gasteiger partial charge in [0, 0.05) is 5.75 Å². The van der Waals surface area contributed by atoms with Crippen LogP contribution in [0.25, 0.3) is 0 Å². The zero-order valence-corrected chi connectivity index (χ0v) is 16.0. The molecule has 1 aromatic heterocycles. The van der Waals surface area contributed by atoms with Crippen molar-refractivity contribution in [2.45, 2.75) is 25.2 Å². The number of hydrogen-bond donors (Lipinski definition) is 0. The molecule has 140 valence electrons. The van der Waals surface area contributed by atoms with Crippen LogP contribution in [0.4, 0.5) is 0 Å². The summed E-state index contributed by atoms with van der Waals surface area (Å²) in [5, 5.41) is 8.67. The molecule has 27 heavy (non-hydrogen) atoms. The van der Waals surface area contributed by atoms with E-state index in [1.165, 1.54) is 17.3 Å². The van der Waals surface area contributed by atoms with Crippen molar-refractivity contribution in [2.24, 2.45) is 0 Å². The lowest BCUT2D eigenvalue weighted by Crippen LogP contribution is -2.21. The number of benzene rings is 2. The highest BCUT2D eigenvalue weighted by molar-refractivity contribution is 7.99. The number of hydrogen-bond acceptors (Lipinski definition) is 7. The Kier molecular flexibility index (Phi) is 5.20. The van der Waals surface area contributed by atoms with Crippen molar-refractivity contribution in [1.29, 1.82) is 0 Å². The maximum Gasteiger partial charge on any atom is 0.276 e. The Morgan fingerprint density at radius 3 is 2.85 bits per heavy atom. The van der Waals surface area contributed by atoms with Gasteiger partial charge < -0.3 is 18.6 Å². The lowest BCUT2D eigenvalue weighted by atomic mass is 10.1. The van der Waals surface area contributed by atoms with E-state index in [1.807, 2.05) is 37.3 Å². The molecule has 0 N–H and O–H groups in total. The minimum atomic E-state index is -0.395. The summed E-state index contributed by atoms with van der Waals surface area (Å²) in [4.78, 5) is 0. The Morgan fingerprint density at radius 1 is 1.11 bits per heavy atom. The van der Waals surface area contributed by atoms with Gasteiger partial charge in [-0.2, -0.15) is 0 Å². The van der Waals surface area contributed by atoms with Crippen molar-refractivity contribution in [3.63, 3.8) is 0 Å². The van der Waals surface area contributed by atoms with Crippen LogP contribution in [0.2, 0.25) is 0 Å². The molecular formula is C20H20N2O4S. The zero-order chi connectivity index (χ0) is 18.6. The smallest absolute Gasteiger partial charge is 0.276 e. The molecule has 0 saturated heterocycles. The van der Waals surface area contributed by atoms with Crippen LogP contribution in [-0.2, 0) is 0 Å². The number of rotatable bonds is 6. The molecule has 0 amide bonds. The van der Waals surface area contributed by atoms with Crippen LogP contribution < -0.4 is 14.2 Å². The quantitative estimate of drug-likeness (QED) is 0.462. The van der Waals surface area contributed by atoms with Crippen LogP contribution in [0.15, 0.2) is 52.1 Å². The first-order valence-electron chi connectivity index (χ1n) is 8.74. The fourth-order valence-corrected chi connectivity index (χ4v) is 3.28. The molecule has 4 rings (SSSR count). The normalized spacial score (nSPS) is 15.6. The molecule has 1 aliphatic rings. The molecule has 0 fully saturated rings. The number of aromatic nitrogens is 2. The third-order valence-electron chi connectivity index (χ3n) is 4.12. The molecule has 0 bridgehead atoms. The van der Waals surface area contributed by atoms with Crippen molar-refractivity contribution in [1.82, 2.24) is 10.2 Å². The van der Waals surface area contributed by atoms with Gasteiger partial charge in [0.1, 0.15) is 12.4 Å².